The number of hydrogen-bond acceptors (Lipinski definition) is 6. The van der Waals surface area contributed by atoms with Crippen LogP contribution < -0.4 is 10.3 Å². The normalized spacial score (nSPS) is 11.1. The number of nitrogens with one attached hydrogen (secondary N) is 1. The molecule has 0 bridgehead atoms. The van der Waals surface area contributed by atoms with Crippen molar-refractivity contribution >= 4 is 23.1 Å². The van der Waals surface area contributed by atoms with E-state index in [0.717, 1.165) is 16.8 Å². The van der Waals surface area contributed by atoms with Gasteiger partial charge in [0, 0.05) is 29.9 Å². The lowest BCUT2D eigenvalue weighted by Crippen LogP contribution is -2.25. The van der Waals surface area contributed by atoms with Crippen LogP contribution in [0.3, 0.4) is 0 Å². The first-order valence-corrected chi connectivity index (χ1v) is 11.5. The van der Waals surface area contributed by atoms with Gasteiger partial charge in [-0.1, -0.05) is 35.9 Å². The predicted octanol–water partition coefficient (Wildman–Crippen LogP) is 5.81. The lowest BCUT2D eigenvalue weighted by atomic mass is 10.1. The molecule has 1 amide bonds. The molecule has 3 aromatic rings. The summed E-state index contributed by atoms with van der Waals surface area (Å²) in [5.74, 6) is -0.100. The Bertz CT molecular complexity index is 1300. The van der Waals surface area contributed by atoms with Crippen molar-refractivity contribution in [2.45, 2.75) is 26.7 Å². The van der Waals surface area contributed by atoms with E-state index in [-0.39, 0.29) is 11.7 Å². The lowest BCUT2D eigenvalue weighted by molar-refractivity contribution is 0.0955. The molecule has 0 atom stereocenters. The molecule has 8 nitrogen and oxygen atoms in total. The van der Waals surface area contributed by atoms with Gasteiger partial charge in [0.25, 0.3) is 5.91 Å². The molecule has 0 unspecified atom stereocenters. The zero-order valence-corrected chi connectivity index (χ0v) is 20.3. The fourth-order valence-corrected chi connectivity index (χ4v) is 3.45. The number of carbonyl (C=O) groups is 1. The SMILES string of the molecule is Cc1ccc(N=NC(=NNC(=O)c2ccccc2)c2ccc(N(CCC#N)CCC#N)cc2C)cc1. The Balaban J connectivity index is 1.93. The number of hydrogen-bond donors (Lipinski definition) is 1. The van der Waals surface area contributed by atoms with Gasteiger partial charge < -0.3 is 4.90 Å². The van der Waals surface area contributed by atoms with Crippen LogP contribution in [0.25, 0.3) is 0 Å². The molecule has 0 saturated carbocycles. The Morgan fingerprint density at radius 2 is 1.58 bits per heavy atom. The highest BCUT2D eigenvalue weighted by Gasteiger charge is 2.13. The van der Waals surface area contributed by atoms with Crippen molar-refractivity contribution in [2.24, 2.45) is 15.3 Å². The third kappa shape index (κ3) is 7.34. The van der Waals surface area contributed by atoms with Gasteiger partial charge in [-0.25, -0.2) is 5.43 Å². The predicted molar refractivity (Wildman–Crippen MR) is 140 cm³/mol. The average molecular weight is 478 g/mol. The standard InChI is InChI=1S/C28H27N7O/c1-21-10-12-24(13-11-21)31-32-27(33-34-28(36)23-8-4-3-5-9-23)26-15-14-25(20-22(26)2)35(18-6-16-29)19-7-17-30/h3-5,8-15,20H,6-7,18-19H2,1-2H3,(H,34,36). The Hall–Kier alpha value is -4.82. The second-order valence-corrected chi connectivity index (χ2v) is 8.08. The van der Waals surface area contributed by atoms with Gasteiger partial charge in [-0.15, -0.1) is 15.3 Å². The summed E-state index contributed by atoms with van der Waals surface area (Å²) in [7, 11) is 0. The number of nitriles is 2. The Kier molecular flexibility index (Phi) is 9.43. The van der Waals surface area contributed by atoms with Gasteiger partial charge in [0.2, 0.25) is 5.84 Å². The molecule has 1 N–H and O–H groups in total. The maximum Gasteiger partial charge on any atom is 0.271 e. The zero-order valence-electron chi connectivity index (χ0n) is 20.3. The fraction of sp³-hybridized carbons (Fsp3) is 0.214. The second-order valence-electron chi connectivity index (χ2n) is 8.08. The van der Waals surface area contributed by atoms with Crippen molar-refractivity contribution in [1.29, 1.82) is 10.5 Å². The second kappa shape index (κ2) is 13.2. The van der Waals surface area contributed by atoms with Crippen LogP contribution in [-0.4, -0.2) is 24.8 Å². The molecule has 0 heterocycles. The average Bonchev–Trinajstić information content (AvgIpc) is 2.90. The molecule has 0 aliphatic heterocycles. The van der Waals surface area contributed by atoms with Gasteiger partial charge in [-0.2, -0.15) is 10.5 Å². The molecule has 0 radical (unpaired) electrons. The minimum atomic E-state index is -0.355. The monoisotopic (exact) mass is 477 g/mol. The summed E-state index contributed by atoms with van der Waals surface area (Å²) in [5.41, 5.74) is 7.29. The molecule has 8 heteroatoms. The van der Waals surface area contributed by atoms with Crippen molar-refractivity contribution in [3.8, 4) is 12.1 Å². The smallest absolute Gasteiger partial charge is 0.271 e. The van der Waals surface area contributed by atoms with E-state index in [9.17, 15) is 4.79 Å². The third-order valence-electron chi connectivity index (χ3n) is 5.40. The minimum Gasteiger partial charge on any atom is -0.369 e. The van der Waals surface area contributed by atoms with E-state index in [2.05, 4.69) is 32.9 Å². The molecular weight excluding hydrogens is 450 g/mol. The fourth-order valence-electron chi connectivity index (χ4n) is 3.45. The van der Waals surface area contributed by atoms with Crippen molar-refractivity contribution in [3.05, 3.63) is 95.1 Å². The van der Waals surface area contributed by atoms with E-state index >= 15 is 0 Å². The van der Waals surface area contributed by atoms with Gasteiger partial charge in [0.1, 0.15) is 0 Å². The molecule has 0 aromatic heterocycles. The number of hydrazone groups is 1. The van der Waals surface area contributed by atoms with Gasteiger partial charge in [-0.05, 0) is 61.9 Å². The summed E-state index contributed by atoms with van der Waals surface area (Å²) in [6, 6.07) is 26.4. The van der Waals surface area contributed by atoms with E-state index in [1.54, 1.807) is 24.3 Å². The number of amidine groups is 1. The highest BCUT2D eigenvalue weighted by Crippen LogP contribution is 2.22. The molecule has 0 aliphatic carbocycles. The van der Waals surface area contributed by atoms with Gasteiger partial charge in [0.15, 0.2) is 0 Å². The first-order valence-electron chi connectivity index (χ1n) is 11.5. The van der Waals surface area contributed by atoms with Crippen LogP contribution in [0.15, 0.2) is 88.1 Å². The maximum atomic E-state index is 12.6. The number of anilines is 1. The summed E-state index contributed by atoms with van der Waals surface area (Å²) < 4.78 is 0. The maximum absolute atomic E-state index is 12.6. The highest BCUT2D eigenvalue weighted by atomic mass is 16.2. The zero-order chi connectivity index (χ0) is 25.8. The number of nitrogens with zero attached hydrogens (tertiary/aromatic N) is 6. The molecule has 180 valence electrons. The van der Waals surface area contributed by atoms with Crippen LogP contribution in [0.2, 0.25) is 0 Å². The van der Waals surface area contributed by atoms with Crippen molar-refractivity contribution in [1.82, 2.24) is 5.43 Å². The molecule has 0 saturated heterocycles. The minimum absolute atomic E-state index is 0.254. The largest absolute Gasteiger partial charge is 0.369 e. The van der Waals surface area contributed by atoms with E-state index in [4.69, 9.17) is 10.5 Å². The number of aryl methyl sites for hydroxylation is 2. The van der Waals surface area contributed by atoms with Crippen molar-refractivity contribution in [3.63, 3.8) is 0 Å². The van der Waals surface area contributed by atoms with Crippen LogP contribution in [0.4, 0.5) is 11.4 Å². The first kappa shape index (κ1) is 25.8. The molecular formula is C28H27N7O. The van der Waals surface area contributed by atoms with Crippen LogP contribution in [0.1, 0.15) is 39.9 Å². The van der Waals surface area contributed by atoms with Crippen LogP contribution in [0, 0.1) is 36.5 Å². The van der Waals surface area contributed by atoms with E-state index < -0.39 is 0 Å². The van der Waals surface area contributed by atoms with Crippen LogP contribution in [0.5, 0.6) is 0 Å². The topological polar surface area (TPSA) is 117 Å². The number of azo groups is 1. The summed E-state index contributed by atoms with van der Waals surface area (Å²) >= 11 is 0. The number of amides is 1. The summed E-state index contributed by atoms with van der Waals surface area (Å²) in [5, 5.41) is 31.0. The Labute approximate surface area is 211 Å². The van der Waals surface area contributed by atoms with E-state index in [0.29, 0.717) is 42.7 Å². The molecule has 36 heavy (non-hydrogen) atoms. The quantitative estimate of drug-likeness (QED) is 0.181. The van der Waals surface area contributed by atoms with Gasteiger partial charge in [-0.3, -0.25) is 4.79 Å². The summed E-state index contributed by atoms with van der Waals surface area (Å²) in [4.78, 5) is 14.6. The first-order chi connectivity index (χ1) is 17.5. The van der Waals surface area contributed by atoms with Crippen molar-refractivity contribution < 1.29 is 4.79 Å². The van der Waals surface area contributed by atoms with Crippen LogP contribution >= 0.6 is 0 Å². The van der Waals surface area contributed by atoms with E-state index in [1.807, 2.05) is 67.3 Å². The van der Waals surface area contributed by atoms with Gasteiger partial charge in [0.05, 0.1) is 30.7 Å². The third-order valence-corrected chi connectivity index (χ3v) is 5.40. The Morgan fingerprint density at radius 1 is 0.917 bits per heavy atom. The van der Waals surface area contributed by atoms with Crippen molar-refractivity contribution in [2.75, 3.05) is 18.0 Å². The summed E-state index contributed by atoms with van der Waals surface area (Å²) in [6.45, 7) is 4.96. The van der Waals surface area contributed by atoms with E-state index in [1.165, 1.54) is 0 Å². The van der Waals surface area contributed by atoms with Gasteiger partial charge >= 0.3 is 0 Å². The molecule has 0 aliphatic rings. The molecule has 3 aromatic carbocycles. The number of benzene rings is 3. The highest BCUT2D eigenvalue weighted by molar-refractivity contribution is 6.02. The molecule has 0 fully saturated rings. The lowest BCUT2D eigenvalue weighted by Gasteiger charge is -2.23. The number of carbonyl (C=O) groups excluding carboxylic acids is 1. The number of rotatable bonds is 9. The Morgan fingerprint density at radius 3 is 2.19 bits per heavy atom. The molecule has 0 spiro atoms. The summed E-state index contributed by atoms with van der Waals surface area (Å²) in [6.07, 6.45) is 0.713. The molecule has 3 rings (SSSR count). The van der Waals surface area contributed by atoms with Crippen LogP contribution in [-0.2, 0) is 0 Å².